The SMILES string of the molecule is CCOCn1nnc(-c2ccc(F)cc2)c1-c1ccnc(Oc2ccc(C#N)cc2)n1. The maximum absolute atomic E-state index is 13.4. The Hall–Kier alpha value is -4.16. The molecule has 0 fully saturated rings. The predicted molar refractivity (Wildman–Crippen MR) is 109 cm³/mol. The van der Waals surface area contributed by atoms with Crippen molar-refractivity contribution < 1.29 is 13.9 Å². The van der Waals surface area contributed by atoms with Crippen LogP contribution in [0.4, 0.5) is 4.39 Å². The maximum Gasteiger partial charge on any atom is 0.322 e. The van der Waals surface area contributed by atoms with E-state index in [4.69, 9.17) is 14.7 Å². The Morgan fingerprint density at radius 2 is 1.84 bits per heavy atom. The first-order valence-corrected chi connectivity index (χ1v) is 9.46. The number of hydrogen-bond acceptors (Lipinski definition) is 7. The van der Waals surface area contributed by atoms with Gasteiger partial charge in [-0.25, -0.2) is 14.1 Å². The lowest BCUT2D eigenvalue weighted by molar-refractivity contribution is 0.0790. The van der Waals surface area contributed by atoms with Crippen LogP contribution < -0.4 is 4.74 Å². The zero-order chi connectivity index (χ0) is 21.6. The van der Waals surface area contributed by atoms with Crippen LogP contribution in [0.25, 0.3) is 22.6 Å². The van der Waals surface area contributed by atoms with Crippen molar-refractivity contribution in [3.63, 3.8) is 0 Å². The molecule has 0 aliphatic rings. The van der Waals surface area contributed by atoms with Gasteiger partial charge in [0.15, 0.2) is 0 Å². The molecule has 2 aromatic heterocycles. The molecule has 0 atom stereocenters. The molecule has 4 rings (SSSR count). The molecule has 31 heavy (non-hydrogen) atoms. The van der Waals surface area contributed by atoms with Crippen LogP contribution in [-0.4, -0.2) is 31.6 Å². The number of hydrogen-bond donors (Lipinski definition) is 0. The number of nitriles is 1. The van der Waals surface area contributed by atoms with E-state index in [1.807, 2.05) is 6.92 Å². The number of halogens is 1. The summed E-state index contributed by atoms with van der Waals surface area (Å²) in [7, 11) is 0. The molecule has 2 aromatic carbocycles. The fourth-order valence-corrected chi connectivity index (χ4v) is 2.86. The van der Waals surface area contributed by atoms with Gasteiger partial charge in [-0.2, -0.15) is 10.2 Å². The van der Waals surface area contributed by atoms with Crippen molar-refractivity contribution in [1.82, 2.24) is 25.0 Å². The summed E-state index contributed by atoms with van der Waals surface area (Å²) in [5, 5.41) is 17.4. The molecule has 0 amide bonds. The van der Waals surface area contributed by atoms with Crippen molar-refractivity contribution in [3.05, 3.63) is 72.2 Å². The van der Waals surface area contributed by atoms with Gasteiger partial charge in [0.1, 0.15) is 29.7 Å². The second-order valence-corrected chi connectivity index (χ2v) is 6.38. The summed E-state index contributed by atoms with van der Waals surface area (Å²) < 4.78 is 26.2. The summed E-state index contributed by atoms with van der Waals surface area (Å²) in [6, 6.07) is 16.5. The Kier molecular flexibility index (Phi) is 5.91. The fraction of sp³-hybridized carbons (Fsp3) is 0.136. The van der Waals surface area contributed by atoms with E-state index in [0.717, 1.165) is 0 Å². The predicted octanol–water partition coefficient (Wildman–Crippen LogP) is 4.20. The number of nitrogens with zero attached hydrogens (tertiary/aromatic N) is 6. The van der Waals surface area contributed by atoms with Crippen molar-refractivity contribution in [1.29, 1.82) is 5.26 Å². The minimum atomic E-state index is -0.341. The topological polar surface area (TPSA) is 98.7 Å². The number of benzene rings is 2. The van der Waals surface area contributed by atoms with Crippen molar-refractivity contribution >= 4 is 0 Å². The van der Waals surface area contributed by atoms with Gasteiger partial charge in [0.2, 0.25) is 0 Å². The first-order valence-electron chi connectivity index (χ1n) is 9.46. The van der Waals surface area contributed by atoms with Crippen LogP contribution in [0.15, 0.2) is 60.8 Å². The molecule has 0 aliphatic heterocycles. The summed E-state index contributed by atoms with van der Waals surface area (Å²) in [6.45, 7) is 2.56. The van der Waals surface area contributed by atoms with E-state index in [-0.39, 0.29) is 18.6 Å². The van der Waals surface area contributed by atoms with E-state index in [2.05, 4.69) is 26.3 Å². The molecule has 0 saturated carbocycles. The van der Waals surface area contributed by atoms with Crippen LogP contribution in [0, 0.1) is 17.1 Å². The molecule has 154 valence electrons. The Morgan fingerprint density at radius 1 is 1.06 bits per heavy atom. The third-order valence-electron chi connectivity index (χ3n) is 4.34. The van der Waals surface area contributed by atoms with Crippen molar-refractivity contribution in [3.8, 4) is 40.5 Å². The quantitative estimate of drug-likeness (QED) is 0.445. The van der Waals surface area contributed by atoms with E-state index in [9.17, 15) is 4.39 Å². The van der Waals surface area contributed by atoms with Gasteiger partial charge in [0.05, 0.1) is 17.3 Å². The molecule has 8 nitrogen and oxygen atoms in total. The Morgan fingerprint density at radius 3 is 2.55 bits per heavy atom. The molecule has 0 radical (unpaired) electrons. The highest BCUT2D eigenvalue weighted by atomic mass is 19.1. The van der Waals surface area contributed by atoms with Crippen molar-refractivity contribution in [2.45, 2.75) is 13.7 Å². The van der Waals surface area contributed by atoms with Gasteiger partial charge in [0.25, 0.3) is 0 Å². The zero-order valence-electron chi connectivity index (χ0n) is 16.6. The molecule has 0 N–H and O–H groups in total. The Labute approximate surface area is 177 Å². The highest BCUT2D eigenvalue weighted by Crippen LogP contribution is 2.30. The number of rotatable bonds is 7. The fourth-order valence-electron chi connectivity index (χ4n) is 2.86. The highest BCUT2D eigenvalue weighted by molar-refractivity contribution is 5.76. The van der Waals surface area contributed by atoms with Gasteiger partial charge in [-0.3, -0.25) is 0 Å². The van der Waals surface area contributed by atoms with E-state index in [1.54, 1.807) is 53.3 Å². The minimum Gasteiger partial charge on any atom is -0.424 e. The van der Waals surface area contributed by atoms with Crippen molar-refractivity contribution in [2.75, 3.05) is 6.61 Å². The van der Waals surface area contributed by atoms with Gasteiger partial charge in [-0.15, -0.1) is 5.10 Å². The molecule has 0 aliphatic carbocycles. The second-order valence-electron chi connectivity index (χ2n) is 6.38. The summed E-state index contributed by atoms with van der Waals surface area (Å²) in [5.41, 5.74) is 2.85. The van der Waals surface area contributed by atoms with E-state index >= 15 is 0 Å². The molecular weight excluding hydrogens is 399 g/mol. The first kappa shape index (κ1) is 20.1. The summed E-state index contributed by atoms with van der Waals surface area (Å²) in [5.74, 6) is 0.156. The molecule has 0 unspecified atom stereocenters. The summed E-state index contributed by atoms with van der Waals surface area (Å²) in [6.07, 6.45) is 1.56. The minimum absolute atomic E-state index is 0.122. The third-order valence-corrected chi connectivity index (χ3v) is 4.34. The van der Waals surface area contributed by atoms with Gasteiger partial charge in [-0.1, -0.05) is 5.21 Å². The van der Waals surface area contributed by atoms with Crippen LogP contribution in [0.5, 0.6) is 11.8 Å². The second kappa shape index (κ2) is 9.11. The summed E-state index contributed by atoms with van der Waals surface area (Å²) in [4.78, 5) is 8.66. The lowest BCUT2D eigenvalue weighted by Gasteiger charge is -2.09. The molecule has 0 saturated heterocycles. The molecule has 9 heteroatoms. The number of ether oxygens (including phenoxy) is 2. The molecular formula is C22H17FN6O2. The van der Waals surface area contributed by atoms with Crippen LogP contribution in [0.1, 0.15) is 12.5 Å². The lowest BCUT2D eigenvalue weighted by atomic mass is 10.1. The average Bonchev–Trinajstić information content (AvgIpc) is 3.23. The van der Waals surface area contributed by atoms with Crippen LogP contribution in [0.3, 0.4) is 0 Å². The highest BCUT2D eigenvalue weighted by Gasteiger charge is 2.19. The van der Waals surface area contributed by atoms with Gasteiger partial charge >= 0.3 is 6.01 Å². The van der Waals surface area contributed by atoms with Gasteiger partial charge in [-0.05, 0) is 61.5 Å². The summed E-state index contributed by atoms with van der Waals surface area (Å²) >= 11 is 0. The molecule has 0 bridgehead atoms. The van der Waals surface area contributed by atoms with Gasteiger partial charge in [0, 0.05) is 18.4 Å². The van der Waals surface area contributed by atoms with Crippen LogP contribution >= 0.6 is 0 Å². The smallest absolute Gasteiger partial charge is 0.322 e. The van der Waals surface area contributed by atoms with E-state index < -0.39 is 0 Å². The largest absolute Gasteiger partial charge is 0.424 e. The molecule has 0 spiro atoms. The standard InChI is InChI=1S/C22H17FN6O2/c1-2-30-14-29-21(20(27-28-29)16-5-7-17(23)8-6-16)19-11-12-25-22(26-19)31-18-9-3-15(13-24)4-10-18/h3-12H,2,14H2,1H3. The molecule has 4 aromatic rings. The normalized spacial score (nSPS) is 10.6. The maximum atomic E-state index is 13.4. The third kappa shape index (κ3) is 4.55. The first-order chi connectivity index (χ1) is 15.2. The van der Waals surface area contributed by atoms with Crippen molar-refractivity contribution in [2.24, 2.45) is 0 Å². The van der Waals surface area contributed by atoms with Crippen LogP contribution in [-0.2, 0) is 11.5 Å². The lowest BCUT2D eigenvalue weighted by Crippen LogP contribution is -2.07. The average molecular weight is 416 g/mol. The molecule has 2 heterocycles. The number of aromatic nitrogens is 5. The van der Waals surface area contributed by atoms with E-state index in [0.29, 0.717) is 40.6 Å². The monoisotopic (exact) mass is 416 g/mol. The van der Waals surface area contributed by atoms with Crippen LogP contribution in [0.2, 0.25) is 0 Å². The Balaban J connectivity index is 1.72. The zero-order valence-corrected chi connectivity index (χ0v) is 16.6. The van der Waals surface area contributed by atoms with Gasteiger partial charge < -0.3 is 9.47 Å². The van der Waals surface area contributed by atoms with E-state index in [1.165, 1.54) is 12.1 Å². The Bertz CT molecular complexity index is 1220.